The van der Waals surface area contributed by atoms with Gasteiger partial charge in [-0.3, -0.25) is 0 Å². The molecule has 1 atom stereocenters. The maximum atomic E-state index is 11.2. The summed E-state index contributed by atoms with van der Waals surface area (Å²) in [7, 11) is 1.86. The van der Waals surface area contributed by atoms with E-state index in [1.165, 1.54) is 0 Å². The number of carboxylic acid groups (broad SMARTS) is 1. The summed E-state index contributed by atoms with van der Waals surface area (Å²) in [5.41, 5.74) is 1.42. The average Bonchev–Trinajstić information content (AvgIpc) is 2.49. The first-order valence-corrected chi connectivity index (χ1v) is 5.54. The van der Waals surface area contributed by atoms with E-state index < -0.39 is 5.97 Å². The van der Waals surface area contributed by atoms with E-state index in [1.54, 1.807) is 0 Å². The summed E-state index contributed by atoms with van der Waals surface area (Å²) >= 11 is 0. The van der Waals surface area contributed by atoms with Gasteiger partial charge in [-0.15, -0.1) is 0 Å². The van der Waals surface area contributed by atoms with Crippen LogP contribution < -0.4 is 0 Å². The van der Waals surface area contributed by atoms with Crippen LogP contribution in [0, 0.1) is 0 Å². The highest BCUT2D eigenvalue weighted by Crippen LogP contribution is 2.31. The molecule has 4 heteroatoms. The maximum absolute atomic E-state index is 11.2. The van der Waals surface area contributed by atoms with Crippen LogP contribution in [0.3, 0.4) is 0 Å². The van der Waals surface area contributed by atoms with E-state index in [9.17, 15) is 9.90 Å². The van der Waals surface area contributed by atoms with E-state index in [0.29, 0.717) is 5.70 Å². The molecule has 0 bridgehead atoms. The molecular formula is C11H20N2O2. The zero-order valence-electron chi connectivity index (χ0n) is 9.95. The zero-order valence-corrected chi connectivity index (χ0v) is 9.95. The number of carbonyl (C=O) groups is 1. The Bertz CT molecular complexity index is 286. The van der Waals surface area contributed by atoms with Crippen molar-refractivity contribution in [2.45, 2.75) is 39.8 Å². The van der Waals surface area contributed by atoms with Crippen LogP contribution in [0.1, 0.15) is 33.6 Å². The molecule has 1 heterocycles. The Hall–Kier alpha value is -1.19. The minimum Gasteiger partial charge on any atom is -0.477 e. The van der Waals surface area contributed by atoms with Gasteiger partial charge < -0.3 is 14.9 Å². The number of likely N-dealkylation sites (N-methyl/N-ethyl adjacent to an activating group) is 1. The molecule has 0 fully saturated rings. The fourth-order valence-corrected chi connectivity index (χ4v) is 2.42. The Labute approximate surface area is 91.2 Å². The zero-order chi connectivity index (χ0) is 11.6. The van der Waals surface area contributed by atoms with Gasteiger partial charge in [-0.05, 0) is 19.8 Å². The number of carboxylic acids is 1. The van der Waals surface area contributed by atoms with E-state index in [-0.39, 0.29) is 6.17 Å². The second-order valence-electron chi connectivity index (χ2n) is 3.74. The summed E-state index contributed by atoms with van der Waals surface area (Å²) < 4.78 is 0. The van der Waals surface area contributed by atoms with Crippen LogP contribution in [-0.2, 0) is 4.79 Å². The van der Waals surface area contributed by atoms with Crippen molar-refractivity contribution in [3.05, 3.63) is 11.4 Å². The van der Waals surface area contributed by atoms with Crippen LogP contribution in [0.15, 0.2) is 11.4 Å². The molecule has 0 radical (unpaired) electrons. The van der Waals surface area contributed by atoms with Crippen molar-refractivity contribution in [1.82, 2.24) is 9.80 Å². The maximum Gasteiger partial charge on any atom is 0.354 e. The first-order valence-electron chi connectivity index (χ1n) is 5.54. The molecule has 4 nitrogen and oxygen atoms in total. The Morgan fingerprint density at radius 2 is 2.00 bits per heavy atom. The molecule has 0 aromatic carbocycles. The first kappa shape index (κ1) is 11.9. The second-order valence-corrected chi connectivity index (χ2v) is 3.74. The van der Waals surface area contributed by atoms with Gasteiger partial charge >= 0.3 is 5.97 Å². The molecule has 0 aromatic heterocycles. The third-order valence-electron chi connectivity index (χ3n) is 3.02. The summed E-state index contributed by atoms with van der Waals surface area (Å²) in [4.78, 5) is 15.2. The summed E-state index contributed by atoms with van der Waals surface area (Å²) in [5, 5.41) is 9.19. The Morgan fingerprint density at radius 1 is 1.40 bits per heavy atom. The third-order valence-corrected chi connectivity index (χ3v) is 3.02. The highest BCUT2D eigenvalue weighted by molar-refractivity contribution is 5.87. The van der Waals surface area contributed by atoms with Crippen molar-refractivity contribution in [1.29, 1.82) is 0 Å². The molecular weight excluding hydrogens is 192 g/mol. The molecule has 86 valence electrons. The molecule has 0 saturated heterocycles. The quantitative estimate of drug-likeness (QED) is 0.770. The molecule has 1 rings (SSSR count). The topological polar surface area (TPSA) is 43.8 Å². The molecule has 0 amide bonds. The lowest BCUT2D eigenvalue weighted by Crippen LogP contribution is -2.38. The molecule has 1 N–H and O–H groups in total. The van der Waals surface area contributed by atoms with Crippen molar-refractivity contribution in [2.24, 2.45) is 0 Å². The van der Waals surface area contributed by atoms with Crippen LogP contribution in [-0.4, -0.2) is 40.6 Å². The fraction of sp³-hybridized carbons (Fsp3) is 0.727. The molecule has 0 aromatic rings. The lowest BCUT2D eigenvalue weighted by molar-refractivity contribution is -0.134. The standard InChI is InChI=1S/C11H20N2O2/c1-5-8-10(11(14)15)12(4)9(6-2)13(8)7-3/h9H,5-7H2,1-4H3,(H,14,15). The minimum absolute atomic E-state index is 0.205. The number of nitrogens with zero attached hydrogens (tertiary/aromatic N) is 2. The lowest BCUT2D eigenvalue weighted by atomic mass is 10.2. The summed E-state index contributed by atoms with van der Waals surface area (Å²) in [6.07, 6.45) is 1.91. The number of hydrogen-bond donors (Lipinski definition) is 1. The van der Waals surface area contributed by atoms with E-state index in [4.69, 9.17) is 0 Å². The van der Waals surface area contributed by atoms with Crippen LogP contribution in [0.4, 0.5) is 0 Å². The smallest absolute Gasteiger partial charge is 0.354 e. The normalized spacial score (nSPS) is 21.5. The molecule has 1 unspecified atom stereocenters. The molecule has 1 aliphatic rings. The molecule has 0 aliphatic carbocycles. The average molecular weight is 212 g/mol. The van der Waals surface area contributed by atoms with Crippen LogP contribution in [0.2, 0.25) is 0 Å². The molecule has 1 aliphatic heterocycles. The van der Waals surface area contributed by atoms with Crippen LogP contribution in [0.5, 0.6) is 0 Å². The predicted molar refractivity (Wildman–Crippen MR) is 59.2 cm³/mol. The van der Waals surface area contributed by atoms with Gasteiger partial charge in [0.15, 0.2) is 0 Å². The number of rotatable bonds is 4. The lowest BCUT2D eigenvalue weighted by Gasteiger charge is -2.30. The van der Waals surface area contributed by atoms with Crippen molar-refractivity contribution < 1.29 is 9.90 Å². The highest BCUT2D eigenvalue weighted by atomic mass is 16.4. The largest absolute Gasteiger partial charge is 0.477 e. The number of hydrogen-bond acceptors (Lipinski definition) is 3. The minimum atomic E-state index is -0.816. The van der Waals surface area contributed by atoms with Crippen molar-refractivity contribution in [3.63, 3.8) is 0 Å². The van der Waals surface area contributed by atoms with Crippen molar-refractivity contribution in [3.8, 4) is 0 Å². The highest BCUT2D eigenvalue weighted by Gasteiger charge is 2.36. The Kier molecular flexibility index (Phi) is 3.61. The molecule has 0 spiro atoms. The van der Waals surface area contributed by atoms with E-state index in [0.717, 1.165) is 25.1 Å². The second kappa shape index (κ2) is 4.55. The fourth-order valence-electron chi connectivity index (χ4n) is 2.42. The molecule has 0 saturated carbocycles. The van der Waals surface area contributed by atoms with Gasteiger partial charge in [0.1, 0.15) is 11.9 Å². The van der Waals surface area contributed by atoms with Crippen molar-refractivity contribution >= 4 is 5.97 Å². The monoisotopic (exact) mass is 212 g/mol. The van der Waals surface area contributed by atoms with Crippen LogP contribution in [0.25, 0.3) is 0 Å². The van der Waals surface area contributed by atoms with E-state index >= 15 is 0 Å². The SMILES string of the molecule is CCC1=C(C(=O)O)N(C)C(CC)N1CC. The van der Waals surface area contributed by atoms with E-state index in [2.05, 4.69) is 18.7 Å². The summed E-state index contributed by atoms with van der Waals surface area (Å²) in [6, 6.07) is 0. The number of allylic oxidation sites excluding steroid dienone is 1. The van der Waals surface area contributed by atoms with Gasteiger partial charge in [0.2, 0.25) is 0 Å². The van der Waals surface area contributed by atoms with Gasteiger partial charge in [-0.1, -0.05) is 13.8 Å². The van der Waals surface area contributed by atoms with Gasteiger partial charge in [-0.25, -0.2) is 4.79 Å². The van der Waals surface area contributed by atoms with Gasteiger partial charge in [0.25, 0.3) is 0 Å². The Balaban J connectivity index is 3.11. The van der Waals surface area contributed by atoms with Crippen LogP contribution >= 0.6 is 0 Å². The van der Waals surface area contributed by atoms with Crippen molar-refractivity contribution in [2.75, 3.05) is 13.6 Å². The number of aliphatic carboxylic acids is 1. The van der Waals surface area contributed by atoms with Gasteiger partial charge in [0, 0.05) is 19.3 Å². The van der Waals surface area contributed by atoms with Gasteiger partial charge in [-0.2, -0.15) is 0 Å². The first-order chi connectivity index (χ1) is 7.08. The van der Waals surface area contributed by atoms with E-state index in [1.807, 2.05) is 18.9 Å². The predicted octanol–water partition coefficient (Wildman–Crippen LogP) is 1.70. The van der Waals surface area contributed by atoms with Gasteiger partial charge in [0.05, 0.1) is 0 Å². The Morgan fingerprint density at radius 3 is 2.33 bits per heavy atom. The molecule has 15 heavy (non-hydrogen) atoms. The summed E-state index contributed by atoms with van der Waals surface area (Å²) in [6.45, 7) is 7.02. The third kappa shape index (κ3) is 1.80. The summed E-state index contributed by atoms with van der Waals surface area (Å²) in [5.74, 6) is -0.816.